The van der Waals surface area contributed by atoms with Crippen molar-refractivity contribution in [2.75, 3.05) is 32.8 Å². The first kappa shape index (κ1) is 40.6. The minimum Gasteiger partial charge on any atom is -0.362 e. The van der Waals surface area contributed by atoms with E-state index in [9.17, 15) is 33.6 Å². The predicted molar refractivity (Wildman–Crippen MR) is 186 cm³/mol. The molecule has 3 aliphatic rings. The largest absolute Gasteiger partial charge is 0.362 e. The molecule has 7 amide bonds. The van der Waals surface area contributed by atoms with E-state index in [0.717, 1.165) is 24.2 Å². The van der Waals surface area contributed by atoms with Crippen LogP contribution in [0.1, 0.15) is 87.5 Å². The minimum atomic E-state index is -1.06. The second kappa shape index (κ2) is 16.9. The van der Waals surface area contributed by atoms with Gasteiger partial charge in [-0.15, -0.1) is 6.58 Å². The molecular weight excluding hydrogens is 644 g/mol. The van der Waals surface area contributed by atoms with Gasteiger partial charge in [-0.1, -0.05) is 80.7 Å². The van der Waals surface area contributed by atoms with Crippen LogP contribution in [0.2, 0.25) is 0 Å². The molecule has 14 heteroatoms. The lowest BCUT2D eigenvalue weighted by molar-refractivity contribution is -0.159. The lowest BCUT2D eigenvalue weighted by Crippen LogP contribution is -2.63. The molecule has 3 fully saturated rings. The van der Waals surface area contributed by atoms with E-state index in [1.165, 1.54) is 11.0 Å². The minimum absolute atomic E-state index is 0.0164. The molecule has 0 spiro atoms. The molecule has 2 heterocycles. The number of Topliss-reactive ketones (excluding diaryl/α,β-unsaturated/α-hetero) is 1. The molecule has 50 heavy (non-hydrogen) atoms. The lowest BCUT2D eigenvalue weighted by Gasteiger charge is -2.39. The molecule has 0 bridgehead atoms. The maximum Gasteiger partial charge on any atom is 0.315 e. The second-order valence-corrected chi connectivity index (χ2v) is 16.4. The Labute approximate surface area is 296 Å². The van der Waals surface area contributed by atoms with Crippen LogP contribution in [0.4, 0.5) is 4.79 Å². The van der Waals surface area contributed by atoms with Crippen LogP contribution in [-0.4, -0.2) is 108 Å². The highest BCUT2D eigenvalue weighted by atomic mass is 16.5. The van der Waals surface area contributed by atoms with Gasteiger partial charge >= 0.3 is 6.03 Å². The standard InChI is InChI=1S/C36H58N6O8/c1-10-15-37-32(47)29(45)24(17-22-12-11-13-22)38-31(46)28-23(21(2)3)14-16-41(28)33(48)30(36(7,8)9)40-34(49)39-25(35(4,5)6)18-42-26(43)19-50-20-27(42)44/h10,21-25,28,30H,1,11-20H2,2-9H3,(H,37,47)(H,38,46)(H2,39,40,49)/t23-,24?,25-,28+,30-/m1/s1. The zero-order valence-electron chi connectivity index (χ0n) is 31.1. The molecular formula is C36H58N6O8. The van der Waals surface area contributed by atoms with E-state index >= 15 is 0 Å². The molecule has 0 aromatic carbocycles. The molecule has 1 unspecified atom stereocenters. The van der Waals surface area contributed by atoms with Crippen LogP contribution in [0.5, 0.6) is 0 Å². The summed E-state index contributed by atoms with van der Waals surface area (Å²) in [5, 5.41) is 11.1. The first-order valence-corrected chi connectivity index (χ1v) is 17.8. The topological polar surface area (TPSA) is 183 Å². The summed E-state index contributed by atoms with van der Waals surface area (Å²) >= 11 is 0. The number of imide groups is 1. The summed E-state index contributed by atoms with van der Waals surface area (Å²) in [5.41, 5.74) is -1.36. The van der Waals surface area contributed by atoms with Crippen LogP contribution in [0.15, 0.2) is 12.7 Å². The molecule has 1 saturated carbocycles. The monoisotopic (exact) mass is 702 g/mol. The van der Waals surface area contributed by atoms with E-state index in [4.69, 9.17) is 4.74 Å². The van der Waals surface area contributed by atoms with Gasteiger partial charge in [0.25, 0.3) is 17.7 Å². The number of urea groups is 1. The molecule has 14 nitrogen and oxygen atoms in total. The highest BCUT2D eigenvalue weighted by Crippen LogP contribution is 2.35. The van der Waals surface area contributed by atoms with E-state index in [1.807, 2.05) is 55.4 Å². The Bertz CT molecular complexity index is 1300. The Balaban J connectivity index is 1.84. The van der Waals surface area contributed by atoms with Crippen molar-refractivity contribution in [3.8, 4) is 0 Å². The third-order valence-electron chi connectivity index (χ3n) is 10.1. The smallest absolute Gasteiger partial charge is 0.315 e. The first-order valence-electron chi connectivity index (χ1n) is 17.8. The van der Waals surface area contributed by atoms with Crippen LogP contribution in [0.3, 0.4) is 0 Å². The summed E-state index contributed by atoms with van der Waals surface area (Å²) in [5.74, 6) is -3.47. The summed E-state index contributed by atoms with van der Waals surface area (Å²) in [6.07, 6.45) is 5.19. The van der Waals surface area contributed by atoms with Gasteiger partial charge < -0.3 is 30.9 Å². The summed E-state index contributed by atoms with van der Waals surface area (Å²) in [7, 11) is 0. The number of ketones is 1. The van der Waals surface area contributed by atoms with Gasteiger partial charge in [-0.2, -0.15) is 0 Å². The van der Waals surface area contributed by atoms with Gasteiger partial charge in [0.2, 0.25) is 17.6 Å². The van der Waals surface area contributed by atoms with Crippen molar-refractivity contribution in [3.63, 3.8) is 0 Å². The van der Waals surface area contributed by atoms with Gasteiger partial charge in [-0.05, 0) is 41.4 Å². The molecule has 2 saturated heterocycles. The van der Waals surface area contributed by atoms with Crippen LogP contribution in [-0.2, 0) is 33.5 Å². The molecule has 280 valence electrons. The van der Waals surface area contributed by atoms with Crippen molar-refractivity contribution in [3.05, 3.63) is 12.7 Å². The van der Waals surface area contributed by atoms with Crippen molar-refractivity contribution in [2.45, 2.75) is 112 Å². The fourth-order valence-electron chi connectivity index (χ4n) is 6.65. The van der Waals surface area contributed by atoms with E-state index in [0.29, 0.717) is 12.8 Å². The Morgan fingerprint density at radius 1 is 0.920 bits per heavy atom. The van der Waals surface area contributed by atoms with Gasteiger partial charge in [0.15, 0.2) is 0 Å². The Kier molecular flexibility index (Phi) is 13.8. The summed E-state index contributed by atoms with van der Waals surface area (Å²) in [6, 6.07) is -4.35. The zero-order chi connectivity index (χ0) is 37.6. The lowest BCUT2D eigenvalue weighted by atomic mass is 9.80. The maximum absolute atomic E-state index is 14.4. The molecule has 1 aliphatic carbocycles. The third-order valence-corrected chi connectivity index (χ3v) is 10.1. The Morgan fingerprint density at radius 2 is 1.54 bits per heavy atom. The molecule has 4 N–H and O–H groups in total. The zero-order valence-corrected chi connectivity index (χ0v) is 31.1. The SMILES string of the molecule is C=CCNC(=O)C(=O)C(CC1CCC1)NC(=O)[C@@H]1[C@@H](C(C)C)CCN1C(=O)[C@@H](NC(=O)N[C@H](CN1C(=O)COCC1=O)C(C)(C)C)C(C)(C)C. The number of carbonyl (C=O) groups is 7. The van der Waals surface area contributed by atoms with Gasteiger partial charge in [0.05, 0.1) is 12.1 Å². The van der Waals surface area contributed by atoms with Crippen LogP contribution < -0.4 is 21.3 Å². The third kappa shape index (κ3) is 10.4. The number of hydrogen-bond acceptors (Lipinski definition) is 8. The Hall–Kier alpha value is -3.81. The number of morpholine rings is 1. The molecule has 3 rings (SSSR count). The summed E-state index contributed by atoms with van der Waals surface area (Å²) < 4.78 is 5.02. The summed E-state index contributed by atoms with van der Waals surface area (Å²) in [4.78, 5) is 95.5. The second-order valence-electron chi connectivity index (χ2n) is 16.4. The number of likely N-dealkylation sites (tertiary alicyclic amines) is 1. The van der Waals surface area contributed by atoms with Gasteiger partial charge in [0.1, 0.15) is 25.3 Å². The van der Waals surface area contributed by atoms with Crippen LogP contribution in [0, 0.1) is 28.6 Å². The molecule has 0 aromatic rings. The van der Waals surface area contributed by atoms with Crippen molar-refractivity contribution in [1.82, 2.24) is 31.1 Å². The maximum atomic E-state index is 14.4. The quantitative estimate of drug-likeness (QED) is 0.120. The number of nitrogens with one attached hydrogen (secondary N) is 4. The van der Waals surface area contributed by atoms with Crippen molar-refractivity contribution in [1.29, 1.82) is 0 Å². The van der Waals surface area contributed by atoms with E-state index in [1.54, 1.807) is 0 Å². The molecule has 2 aliphatic heterocycles. The average molecular weight is 703 g/mol. The van der Waals surface area contributed by atoms with E-state index in [-0.39, 0.29) is 50.6 Å². The van der Waals surface area contributed by atoms with Gasteiger partial charge in [-0.25, -0.2) is 4.79 Å². The number of amides is 7. The van der Waals surface area contributed by atoms with Crippen LogP contribution in [0.25, 0.3) is 0 Å². The average Bonchev–Trinajstić information content (AvgIpc) is 3.45. The number of nitrogens with zero attached hydrogens (tertiary/aromatic N) is 2. The summed E-state index contributed by atoms with van der Waals surface area (Å²) in [6.45, 7) is 18.4. The van der Waals surface area contributed by atoms with Gasteiger partial charge in [-0.3, -0.25) is 33.7 Å². The highest BCUT2D eigenvalue weighted by Gasteiger charge is 2.48. The fraction of sp³-hybridized carbons (Fsp3) is 0.750. The van der Waals surface area contributed by atoms with Crippen molar-refractivity contribution in [2.24, 2.45) is 28.6 Å². The van der Waals surface area contributed by atoms with Crippen molar-refractivity contribution < 1.29 is 38.3 Å². The predicted octanol–water partition coefficient (Wildman–Crippen LogP) is 1.92. The fourth-order valence-corrected chi connectivity index (χ4v) is 6.65. The molecule has 5 atom stereocenters. The highest BCUT2D eigenvalue weighted by molar-refractivity contribution is 6.38. The first-order chi connectivity index (χ1) is 23.3. The van der Waals surface area contributed by atoms with E-state index < -0.39 is 76.3 Å². The normalized spacial score (nSPS) is 21.9. The number of ether oxygens (including phenoxy) is 1. The van der Waals surface area contributed by atoms with Gasteiger partial charge in [0, 0.05) is 19.6 Å². The number of rotatable bonds is 14. The molecule has 0 radical (unpaired) electrons. The number of carbonyl (C=O) groups excluding carboxylic acids is 7. The molecule has 0 aromatic heterocycles. The Morgan fingerprint density at radius 3 is 2.04 bits per heavy atom. The van der Waals surface area contributed by atoms with E-state index in [2.05, 4.69) is 27.8 Å². The number of hydrogen-bond donors (Lipinski definition) is 4. The van der Waals surface area contributed by atoms with Crippen LogP contribution >= 0.6 is 0 Å². The van der Waals surface area contributed by atoms with Crippen molar-refractivity contribution >= 4 is 41.4 Å².